The summed E-state index contributed by atoms with van der Waals surface area (Å²) in [6.07, 6.45) is -0.709. The van der Waals surface area contributed by atoms with Gasteiger partial charge in [-0.2, -0.15) is 0 Å². The van der Waals surface area contributed by atoms with Crippen molar-refractivity contribution in [3.8, 4) is 16.9 Å². The summed E-state index contributed by atoms with van der Waals surface area (Å²) in [6.45, 7) is 10.8. The van der Waals surface area contributed by atoms with Gasteiger partial charge in [-0.3, -0.25) is 9.59 Å². The Morgan fingerprint density at radius 1 is 0.800 bits per heavy atom. The number of thioether (sulfide) groups is 1. The van der Waals surface area contributed by atoms with E-state index < -0.39 is 46.5 Å². The van der Waals surface area contributed by atoms with Gasteiger partial charge in [0.2, 0.25) is 11.8 Å². The third kappa shape index (κ3) is 12.7. The number of hydrogen-bond acceptors (Lipinski definition) is 10. The number of aryl methyl sites for hydroxylation is 1. The molecule has 0 saturated heterocycles. The molecule has 0 spiro atoms. The van der Waals surface area contributed by atoms with E-state index in [2.05, 4.69) is 21.3 Å². The van der Waals surface area contributed by atoms with Gasteiger partial charge in [-0.15, -0.1) is 11.8 Å². The number of esters is 1. The topological polar surface area (TPSA) is 170 Å². The molecule has 0 heterocycles. The van der Waals surface area contributed by atoms with Crippen molar-refractivity contribution in [3.05, 3.63) is 89.5 Å². The lowest BCUT2D eigenvalue weighted by molar-refractivity contribution is -0.145. The van der Waals surface area contributed by atoms with Crippen molar-refractivity contribution in [1.29, 1.82) is 0 Å². The molecule has 0 unspecified atom stereocenters. The molecule has 13 nitrogen and oxygen atoms in total. The number of hydrogen-bond donors (Lipinski definition) is 4. The van der Waals surface area contributed by atoms with E-state index in [9.17, 15) is 24.0 Å². The van der Waals surface area contributed by atoms with Crippen LogP contribution >= 0.6 is 11.8 Å². The average Bonchev–Trinajstić information content (AvgIpc) is 3.45. The van der Waals surface area contributed by atoms with Gasteiger partial charge in [0, 0.05) is 17.6 Å². The summed E-state index contributed by atoms with van der Waals surface area (Å²) in [5.74, 6) is -0.915. The molecular weight excluding hydrogens is 725 g/mol. The van der Waals surface area contributed by atoms with Gasteiger partial charge in [0.05, 0.1) is 19.5 Å². The Morgan fingerprint density at radius 3 is 2.00 bits per heavy atom. The monoisotopic (exact) mass is 776 g/mol. The van der Waals surface area contributed by atoms with Crippen LogP contribution in [-0.4, -0.2) is 85.1 Å². The molecule has 0 aromatic heterocycles. The number of alkyl carbamates (subject to hydrolysis) is 2. The number of carbonyl (C=O) groups excluding carboxylic acids is 5. The fourth-order valence-corrected chi connectivity index (χ4v) is 7.05. The van der Waals surface area contributed by atoms with Crippen molar-refractivity contribution >= 4 is 41.7 Å². The highest BCUT2D eigenvalue weighted by Gasteiger charge is 2.40. The van der Waals surface area contributed by atoms with Crippen LogP contribution < -0.4 is 26.0 Å². The summed E-state index contributed by atoms with van der Waals surface area (Å²) in [5, 5.41) is 10.9. The molecule has 0 radical (unpaired) electrons. The SMILES string of the molecule is COC(=O)[C@H](CCc1ccc(OCCNC(=O)OC(C)(C)C)cc1)NC(=O)[C@@H](NC(=O)OCC1c2ccccc2-c2ccccc21)C(C)(C)SCNC(C)=O. The summed E-state index contributed by atoms with van der Waals surface area (Å²) >= 11 is 1.26. The number of rotatable bonds is 17. The van der Waals surface area contributed by atoms with E-state index in [1.54, 1.807) is 46.8 Å². The molecule has 0 saturated carbocycles. The minimum Gasteiger partial charge on any atom is -0.492 e. The second-order valence-corrected chi connectivity index (χ2v) is 16.2. The Balaban J connectivity index is 1.38. The Kier molecular flexibility index (Phi) is 15.0. The second-order valence-electron chi connectivity index (χ2n) is 14.6. The summed E-state index contributed by atoms with van der Waals surface area (Å²) in [4.78, 5) is 63.8. The number of benzene rings is 3. The molecule has 0 aliphatic heterocycles. The molecule has 4 amide bonds. The summed E-state index contributed by atoms with van der Waals surface area (Å²) in [7, 11) is 1.24. The average molecular weight is 777 g/mol. The molecule has 0 bridgehead atoms. The van der Waals surface area contributed by atoms with Crippen molar-refractivity contribution < 1.29 is 42.9 Å². The predicted octanol–water partition coefficient (Wildman–Crippen LogP) is 5.69. The van der Waals surface area contributed by atoms with Crippen LogP contribution in [0.15, 0.2) is 72.8 Å². The first-order chi connectivity index (χ1) is 26.1. The van der Waals surface area contributed by atoms with Crippen molar-refractivity contribution in [2.45, 2.75) is 82.7 Å². The van der Waals surface area contributed by atoms with Gasteiger partial charge >= 0.3 is 18.2 Å². The Bertz CT molecular complexity index is 1760. The molecule has 0 fully saturated rings. The lowest BCUT2D eigenvalue weighted by Crippen LogP contribution is -2.59. The fraction of sp³-hybridized carbons (Fsp3) is 0.439. The van der Waals surface area contributed by atoms with Crippen LogP contribution in [0.25, 0.3) is 11.1 Å². The van der Waals surface area contributed by atoms with Crippen molar-refractivity contribution in [2.24, 2.45) is 0 Å². The minimum atomic E-state index is -1.17. The molecule has 1 aliphatic rings. The Labute approximate surface area is 327 Å². The first-order valence-electron chi connectivity index (χ1n) is 18.1. The van der Waals surface area contributed by atoms with Crippen LogP contribution in [-0.2, 0) is 35.0 Å². The third-order valence-corrected chi connectivity index (χ3v) is 10.1. The van der Waals surface area contributed by atoms with Gasteiger partial charge in [-0.05, 0) is 87.4 Å². The van der Waals surface area contributed by atoms with E-state index in [0.29, 0.717) is 12.2 Å². The van der Waals surface area contributed by atoms with Gasteiger partial charge in [0.15, 0.2) is 0 Å². The molecule has 1 aliphatic carbocycles. The van der Waals surface area contributed by atoms with E-state index in [1.807, 2.05) is 60.7 Å². The molecule has 55 heavy (non-hydrogen) atoms. The number of nitrogens with one attached hydrogen (secondary N) is 4. The van der Waals surface area contributed by atoms with Crippen LogP contribution in [0.5, 0.6) is 5.75 Å². The maximum Gasteiger partial charge on any atom is 0.407 e. The zero-order valence-electron chi connectivity index (χ0n) is 32.5. The Hall–Kier alpha value is -5.24. The number of amides is 4. The fourth-order valence-electron chi connectivity index (χ4n) is 6.07. The van der Waals surface area contributed by atoms with Crippen molar-refractivity contribution in [3.63, 3.8) is 0 Å². The van der Waals surface area contributed by atoms with Crippen LogP contribution in [0.2, 0.25) is 0 Å². The molecule has 4 N–H and O–H groups in total. The van der Waals surface area contributed by atoms with E-state index in [1.165, 1.54) is 25.8 Å². The second kappa shape index (κ2) is 19.4. The minimum absolute atomic E-state index is 0.0469. The molecule has 3 aromatic rings. The van der Waals surface area contributed by atoms with Crippen molar-refractivity contribution in [1.82, 2.24) is 21.3 Å². The van der Waals surface area contributed by atoms with Crippen molar-refractivity contribution in [2.75, 3.05) is 32.7 Å². The third-order valence-electron chi connectivity index (χ3n) is 8.81. The maximum absolute atomic E-state index is 14.0. The number of carbonyl (C=O) groups is 5. The van der Waals surface area contributed by atoms with Crippen LogP contribution in [0.3, 0.4) is 0 Å². The normalized spacial score (nSPS) is 13.3. The summed E-state index contributed by atoms with van der Waals surface area (Å²) in [6, 6.07) is 21.0. The molecule has 14 heteroatoms. The zero-order valence-corrected chi connectivity index (χ0v) is 33.3. The first kappa shape index (κ1) is 42.5. The van der Waals surface area contributed by atoms with E-state index in [-0.39, 0.29) is 43.9 Å². The van der Waals surface area contributed by atoms with E-state index in [0.717, 1.165) is 27.8 Å². The largest absolute Gasteiger partial charge is 0.492 e. The lowest BCUT2D eigenvalue weighted by atomic mass is 9.98. The number of ether oxygens (including phenoxy) is 4. The smallest absolute Gasteiger partial charge is 0.407 e. The summed E-state index contributed by atoms with van der Waals surface area (Å²) in [5.41, 5.74) is 4.55. The lowest BCUT2D eigenvalue weighted by Gasteiger charge is -2.34. The van der Waals surface area contributed by atoms with Gasteiger partial charge in [0.1, 0.15) is 36.6 Å². The van der Waals surface area contributed by atoms with Gasteiger partial charge < -0.3 is 40.2 Å². The van der Waals surface area contributed by atoms with Gasteiger partial charge in [0.25, 0.3) is 0 Å². The first-order valence-corrected chi connectivity index (χ1v) is 19.1. The number of fused-ring (bicyclic) bond motifs is 3. The molecule has 4 rings (SSSR count). The van der Waals surface area contributed by atoms with Gasteiger partial charge in [-0.25, -0.2) is 14.4 Å². The van der Waals surface area contributed by atoms with Crippen LogP contribution in [0.1, 0.15) is 70.6 Å². The highest BCUT2D eigenvalue weighted by atomic mass is 32.2. The molecule has 2 atom stereocenters. The summed E-state index contributed by atoms with van der Waals surface area (Å²) < 4.78 is 20.8. The van der Waals surface area contributed by atoms with E-state index >= 15 is 0 Å². The Morgan fingerprint density at radius 2 is 1.42 bits per heavy atom. The highest BCUT2D eigenvalue weighted by molar-refractivity contribution is 8.00. The quantitative estimate of drug-likeness (QED) is 0.0578. The highest BCUT2D eigenvalue weighted by Crippen LogP contribution is 2.44. The predicted molar refractivity (Wildman–Crippen MR) is 211 cm³/mol. The van der Waals surface area contributed by atoms with Crippen LogP contribution in [0, 0.1) is 0 Å². The number of methoxy groups -OCH3 is 1. The maximum atomic E-state index is 14.0. The molecule has 296 valence electrons. The van der Waals surface area contributed by atoms with Gasteiger partial charge in [-0.1, -0.05) is 60.7 Å². The molecular formula is C41H52N4O9S. The zero-order chi connectivity index (χ0) is 40.2. The molecule has 3 aromatic carbocycles. The van der Waals surface area contributed by atoms with E-state index in [4.69, 9.17) is 18.9 Å². The van der Waals surface area contributed by atoms with Crippen LogP contribution in [0.4, 0.5) is 9.59 Å². The standard InChI is InChI=1S/C41H52N4O9S/c1-26(46)43-25-55-41(5,6)35(45-39(50)53-24-33-31-14-10-8-12-29(31)30-13-9-11-15-32(30)33)36(47)44-34(37(48)51-7)21-18-27-16-19-28(20-17-27)52-23-22-42-38(49)54-40(2,3)4/h8-17,19-20,33-35H,18,21-25H2,1-7H3,(H,42,49)(H,43,46)(H,44,47)(H,45,50)/t34-,35+/m0/s1.